The maximum absolute atomic E-state index is 5.59. The third kappa shape index (κ3) is 3.66. The molecule has 0 amide bonds. The number of nitrogens with zero attached hydrogens (tertiary/aromatic N) is 1. The Morgan fingerprint density at radius 3 is 2.94 bits per heavy atom. The van der Waals surface area contributed by atoms with E-state index in [0.717, 1.165) is 23.8 Å². The second-order valence-corrected chi connectivity index (χ2v) is 5.10. The van der Waals surface area contributed by atoms with Gasteiger partial charge in [0.1, 0.15) is 10.8 Å². The van der Waals surface area contributed by atoms with Gasteiger partial charge < -0.3 is 11.1 Å². The van der Waals surface area contributed by atoms with Crippen LogP contribution in [0.25, 0.3) is 0 Å². The molecule has 0 spiro atoms. The normalized spacial score (nSPS) is 16.0. The number of anilines is 1. The standard InChI is InChI=1S/C13H19N3S/c14-13(17)11-6-8-16-12(9-11)15-7-5-10-3-1-2-4-10/h6,8-10H,1-5,7H2,(H2,14,17)(H,15,16). The second kappa shape index (κ2) is 5.96. The van der Waals surface area contributed by atoms with Crippen LogP contribution in [0, 0.1) is 5.92 Å². The van der Waals surface area contributed by atoms with Gasteiger partial charge in [-0.05, 0) is 24.5 Å². The van der Waals surface area contributed by atoms with Crippen LogP contribution in [0.3, 0.4) is 0 Å². The second-order valence-electron chi connectivity index (χ2n) is 4.66. The van der Waals surface area contributed by atoms with Gasteiger partial charge in [-0.25, -0.2) is 4.98 Å². The van der Waals surface area contributed by atoms with Crippen LogP contribution >= 0.6 is 12.2 Å². The summed E-state index contributed by atoms with van der Waals surface area (Å²) >= 11 is 4.94. The Morgan fingerprint density at radius 2 is 2.24 bits per heavy atom. The van der Waals surface area contributed by atoms with Crippen LogP contribution in [0.2, 0.25) is 0 Å². The number of thiocarbonyl (C=S) groups is 1. The zero-order chi connectivity index (χ0) is 12.1. The van der Waals surface area contributed by atoms with E-state index >= 15 is 0 Å². The molecule has 1 aliphatic rings. The molecular formula is C13H19N3S. The van der Waals surface area contributed by atoms with Crippen molar-refractivity contribution in [3.63, 3.8) is 0 Å². The average molecular weight is 249 g/mol. The molecular weight excluding hydrogens is 230 g/mol. The lowest BCUT2D eigenvalue weighted by molar-refractivity contribution is 0.518. The van der Waals surface area contributed by atoms with Gasteiger partial charge in [0.25, 0.3) is 0 Å². The molecule has 2 rings (SSSR count). The van der Waals surface area contributed by atoms with E-state index < -0.39 is 0 Å². The van der Waals surface area contributed by atoms with Gasteiger partial charge in [-0.2, -0.15) is 0 Å². The molecule has 0 atom stereocenters. The molecule has 0 bridgehead atoms. The molecule has 0 saturated heterocycles. The van der Waals surface area contributed by atoms with Gasteiger partial charge in [0, 0.05) is 18.3 Å². The molecule has 0 radical (unpaired) electrons. The fraction of sp³-hybridized carbons (Fsp3) is 0.538. The van der Waals surface area contributed by atoms with Gasteiger partial charge in [-0.15, -0.1) is 0 Å². The summed E-state index contributed by atoms with van der Waals surface area (Å²) in [5.41, 5.74) is 6.46. The lowest BCUT2D eigenvalue weighted by Crippen LogP contribution is -2.12. The van der Waals surface area contributed by atoms with Crippen LogP contribution in [0.5, 0.6) is 0 Å². The summed E-state index contributed by atoms with van der Waals surface area (Å²) in [5.74, 6) is 1.77. The van der Waals surface area contributed by atoms with Crippen molar-refractivity contribution in [2.75, 3.05) is 11.9 Å². The lowest BCUT2D eigenvalue weighted by atomic mass is 10.0. The molecule has 0 aromatic carbocycles. The minimum atomic E-state index is 0.422. The highest BCUT2D eigenvalue weighted by atomic mass is 32.1. The van der Waals surface area contributed by atoms with Crippen molar-refractivity contribution in [3.05, 3.63) is 23.9 Å². The molecule has 1 aromatic rings. The first-order valence-corrected chi connectivity index (χ1v) is 6.66. The maximum atomic E-state index is 5.59. The van der Waals surface area contributed by atoms with Crippen LogP contribution in [-0.2, 0) is 0 Å². The van der Waals surface area contributed by atoms with Crippen molar-refractivity contribution < 1.29 is 0 Å². The van der Waals surface area contributed by atoms with Crippen molar-refractivity contribution in [2.24, 2.45) is 11.7 Å². The van der Waals surface area contributed by atoms with E-state index in [0.29, 0.717) is 4.99 Å². The van der Waals surface area contributed by atoms with E-state index in [1.165, 1.54) is 32.1 Å². The first kappa shape index (κ1) is 12.3. The van der Waals surface area contributed by atoms with Crippen LogP contribution < -0.4 is 11.1 Å². The van der Waals surface area contributed by atoms with Gasteiger partial charge in [-0.1, -0.05) is 37.9 Å². The molecule has 1 aromatic heterocycles. The Labute approximate surface area is 108 Å². The summed E-state index contributed by atoms with van der Waals surface area (Å²) in [6, 6.07) is 3.75. The first-order chi connectivity index (χ1) is 8.25. The highest BCUT2D eigenvalue weighted by molar-refractivity contribution is 7.80. The van der Waals surface area contributed by atoms with Crippen molar-refractivity contribution in [2.45, 2.75) is 32.1 Å². The molecule has 17 heavy (non-hydrogen) atoms. The van der Waals surface area contributed by atoms with Crippen molar-refractivity contribution in [1.82, 2.24) is 4.98 Å². The SMILES string of the molecule is NC(=S)c1ccnc(NCCC2CCCC2)c1. The molecule has 1 fully saturated rings. The van der Waals surface area contributed by atoms with Crippen LogP contribution in [0.4, 0.5) is 5.82 Å². The van der Waals surface area contributed by atoms with Gasteiger partial charge >= 0.3 is 0 Å². The number of pyridine rings is 1. The number of rotatable bonds is 5. The largest absolute Gasteiger partial charge is 0.389 e. The molecule has 0 aliphatic heterocycles. The minimum Gasteiger partial charge on any atom is -0.389 e. The minimum absolute atomic E-state index is 0.422. The van der Waals surface area contributed by atoms with Gasteiger partial charge in [0.05, 0.1) is 0 Å². The monoisotopic (exact) mass is 249 g/mol. The van der Waals surface area contributed by atoms with Crippen LogP contribution in [0.1, 0.15) is 37.7 Å². The van der Waals surface area contributed by atoms with E-state index in [2.05, 4.69) is 10.3 Å². The predicted molar refractivity (Wildman–Crippen MR) is 75.2 cm³/mol. The molecule has 4 heteroatoms. The zero-order valence-electron chi connectivity index (χ0n) is 9.98. The third-order valence-corrected chi connectivity index (χ3v) is 3.61. The zero-order valence-corrected chi connectivity index (χ0v) is 10.8. The topological polar surface area (TPSA) is 50.9 Å². The van der Waals surface area contributed by atoms with E-state index in [9.17, 15) is 0 Å². The van der Waals surface area contributed by atoms with Crippen molar-refractivity contribution in [1.29, 1.82) is 0 Å². The summed E-state index contributed by atoms with van der Waals surface area (Å²) in [6.45, 7) is 0.985. The number of hydrogen-bond acceptors (Lipinski definition) is 3. The number of nitrogens with two attached hydrogens (primary N) is 1. The van der Waals surface area contributed by atoms with E-state index in [-0.39, 0.29) is 0 Å². The van der Waals surface area contributed by atoms with Gasteiger partial charge in [0.2, 0.25) is 0 Å². The van der Waals surface area contributed by atoms with Crippen molar-refractivity contribution in [3.8, 4) is 0 Å². The number of nitrogens with one attached hydrogen (secondary N) is 1. The summed E-state index contributed by atoms with van der Waals surface area (Å²) in [7, 11) is 0. The van der Waals surface area contributed by atoms with Gasteiger partial charge in [0.15, 0.2) is 0 Å². The summed E-state index contributed by atoms with van der Waals surface area (Å²) in [5, 5.41) is 3.34. The fourth-order valence-electron chi connectivity index (χ4n) is 2.38. The smallest absolute Gasteiger partial charge is 0.126 e. The van der Waals surface area contributed by atoms with E-state index in [1.807, 2.05) is 12.1 Å². The Kier molecular flexibility index (Phi) is 4.31. The molecule has 1 aliphatic carbocycles. The molecule has 92 valence electrons. The Morgan fingerprint density at radius 1 is 1.47 bits per heavy atom. The highest BCUT2D eigenvalue weighted by Crippen LogP contribution is 2.27. The summed E-state index contributed by atoms with van der Waals surface area (Å²) in [4.78, 5) is 4.68. The van der Waals surface area contributed by atoms with Crippen LogP contribution in [0.15, 0.2) is 18.3 Å². The summed E-state index contributed by atoms with van der Waals surface area (Å²) < 4.78 is 0. The lowest BCUT2D eigenvalue weighted by Gasteiger charge is -2.10. The number of aromatic nitrogens is 1. The van der Waals surface area contributed by atoms with Crippen molar-refractivity contribution >= 4 is 23.0 Å². The maximum Gasteiger partial charge on any atom is 0.126 e. The Balaban J connectivity index is 1.81. The molecule has 3 nitrogen and oxygen atoms in total. The van der Waals surface area contributed by atoms with E-state index in [4.69, 9.17) is 18.0 Å². The third-order valence-electron chi connectivity index (χ3n) is 3.38. The van der Waals surface area contributed by atoms with Gasteiger partial charge in [-0.3, -0.25) is 0 Å². The predicted octanol–water partition coefficient (Wildman–Crippen LogP) is 2.71. The molecule has 0 unspecified atom stereocenters. The molecule has 3 N–H and O–H groups in total. The Hall–Kier alpha value is -1.16. The fourth-order valence-corrected chi connectivity index (χ4v) is 2.51. The van der Waals surface area contributed by atoms with E-state index in [1.54, 1.807) is 6.20 Å². The molecule has 1 saturated carbocycles. The van der Waals surface area contributed by atoms with Crippen LogP contribution in [-0.4, -0.2) is 16.5 Å². The molecule has 1 heterocycles. The summed E-state index contributed by atoms with van der Waals surface area (Å²) in [6.07, 6.45) is 8.56. The number of hydrogen-bond donors (Lipinski definition) is 2. The Bertz CT molecular complexity index is 386. The average Bonchev–Trinajstić information content (AvgIpc) is 2.82. The first-order valence-electron chi connectivity index (χ1n) is 6.25. The quantitative estimate of drug-likeness (QED) is 0.788. The highest BCUT2D eigenvalue weighted by Gasteiger charge is 2.14.